The van der Waals surface area contributed by atoms with E-state index >= 15 is 0 Å². The van der Waals surface area contributed by atoms with E-state index in [1.54, 1.807) is 19.1 Å². The number of hydrogen-bond acceptors (Lipinski definition) is 5. The number of carbonyl (C=O) groups is 1. The minimum absolute atomic E-state index is 0.0641. The molecule has 0 N–H and O–H groups in total. The zero-order valence-electron chi connectivity index (χ0n) is 13.1. The summed E-state index contributed by atoms with van der Waals surface area (Å²) in [4.78, 5) is 11.9. The van der Waals surface area contributed by atoms with Crippen LogP contribution in [0.25, 0.3) is 22.6 Å². The Balaban J connectivity index is 2.15. The topological polar surface area (TPSA) is 76.4 Å². The summed E-state index contributed by atoms with van der Waals surface area (Å²) < 4.78 is 16.3. The Morgan fingerprint density at radius 3 is 2.62 bits per heavy atom. The third-order valence-electron chi connectivity index (χ3n) is 3.51. The van der Waals surface area contributed by atoms with Crippen molar-refractivity contribution >= 4 is 5.97 Å². The Morgan fingerprint density at radius 2 is 2.00 bits per heavy atom. The van der Waals surface area contributed by atoms with Gasteiger partial charge in [0.05, 0.1) is 18.4 Å². The van der Waals surface area contributed by atoms with Gasteiger partial charge in [-0.1, -0.05) is 30.3 Å². The van der Waals surface area contributed by atoms with Crippen LogP contribution in [0.15, 0.2) is 57.6 Å². The molecule has 0 bridgehead atoms. The Hall–Kier alpha value is -3.26. The molecular weight excluding hydrogens is 306 g/mol. The van der Waals surface area contributed by atoms with Crippen LogP contribution < -0.4 is 0 Å². The number of ether oxygens (including phenoxy) is 1. The van der Waals surface area contributed by atoms with E-state index in [0.29, 0.717) is 28.4 Å². The van der Waals surface area contributed by atoms with Gasteiger partial charge in [-0.25, -0.2) is 0 Å². The van der Waals surface area contributed by atoms with Crippen molar-refractivity contribution in [1.29, 1.82) is 5.26 Å². The highest BCUT2D eigenvalue weighted by Gasteiger charge is 2.26. The number of nitriles is 1. The van der Waals surface area contributed by atoms with E-state index in [1.807, 2.05) is 30.3 Å². The van der Waals surface area contributed by atoms with Gasteiger partial charge in [0.1, 0.15) is 29.6 Å². The lowest BCUT2D eigenvalue weighted by Crippen LogP contribution is -2.07. The van der Waals surface area contributed by atoms with Gasteiger partial charge in [-0.15, -0.1) is 0 Å². The molecule has 2 aromatic heterocycles. The minimum Gasteiger partial charge on any atom is -0.466 e. The standard InChI is InChI=1S/C19H15NO4/c1-2-22-17(21)11-16-18(15-9-6-10-23-15)14(12-20)19(24-16)13-7-4-3-5-8-13/h3-10H,2,11H2,1H3. The third kappa shape index (κ3) is 2.95. The largest absolute Gasteiger partial charge is 0.466 e. The second-order valence-corrected chi connectivity index (χ2v) is 5.04. The highest BCUT2D eigenvalue weighted by molar-refractivity contribution is 5.82. The molecule has 0 aliphatic heterocycles. The second kappa shape index (κ2) is 6.88. The molecule has 5 heteroatoms. The average molecular weight is 321 g/mol. The molecule has 3 rings (SSSR count). The first kappa shape index (κ1) is 15.6. The molecule has 0 saturated carbocycles. The van der Waals surface area contributed by atoms with Gasteiger partial charge in [-0.2, -0.15) is 5.26 Å². The van der Waals surface area contributed by atoms with E-state index in [1.165, 1.54) is 6.26 Å². The van der Waals surface area contributed by atoms with Crippen molar-refractivity contribution in [2.24, 2.45) is 0 Å². The predicted molar refractivity (Wildman–Crippen MR) is 86.9 cm³/mol. The van der Waals surface area contributed by atoms with Gasteiger partial charge in [0, 0.05) is 5.56 Å². The number of carbonyl (C=O) groups excluding carboxylic acids is 1. The van der Waals surface area contributed by atoms with Gasteiger partial charge in [0.25, 0.3) is 0 Å². The monoisotopic (exact) mass is 321 g/mol. The predicted octanol–water partition coefficient (Wildman–Crippen LogP) is 4.18. The van der Waals surface area contributed by atoms with Crippen LogP contribution in [-0.2, 0) is 16.0 Å². The maximum atomic E-state index is 11.9. The summed E-state index contributed by atoms with van der Waals surface area (Å²) >= 11 is 0. The Morgan fingerprint density at radius 1 is 1.21 bits per heavy atom. The molecule has 0 unspecified atom stereocenters. The first-order valence-corrected chi connectivity index (χ1v) is 7.55. The summed E-state index contributed by atoms with van der Waals surface area (Å²) in [5.41, 5.74) is 1.60. The number of benzene rings is 1. The molecule has 120 valence electrons. The van der Waals surface area contributed by atoms with Crippen LogP contribution in [0.4, 0.5) is 0 Å². The molecule has 2 heterocycles. The van der Waals surface area contributed by atoms with Crippen molar-refractivity contribution in [1.82, 2.24) is 0 Å². The molecule has 0 fully saturated rings. The highest BCUT2D eigenvalue weighted by atomic mass is 16.5. The third-order valence-corrected chi connectivity index (χ3v) is 3.51. The van der Waals surface area contributed by atoms with Gasteiger partial charge in [-0.05, 0) is 19.1 Å². The van der Waals surface area contributed by atoms with Gasteiger partial charge in [0.15, 0.2) is 5.76 Å². The fourth-order valence-corrected chi connectivity index (χ4v) is 2.53. The van der Waals surface area contributed by atoms with Gasteiger partial charge >= 0.3 is 5.97 Å². The van der Waals surface area contributed by atoms with Crippen LogP contribution in [0, 0.1) is 11.3 Å². The van der Waals surface area contributed by atoms with Crippen LogP contribution in [0.3, 0.4) is 0 Å². The molecule has 5 nitrogen and oxygen atoms in total. The Kier molecular flexibility index (Phi) is 4.48. The summed E-state index contributed by atoms with van der Waals surface area (Å²) in [6.45, 7) is 2.02. The van der Waals surface area contributed by atoms with Crippen LogP contribution in [0.1, 0.15) is 18.2 Å². The number of furan rings is 2. The van der Waals surface area contributed by atoms with Crippen molar-refractivity contribution in [2.75, 3.05) is 6.61 Å². The fourth-order valence-electron chi connectivity index (χ4n) is 2.53. The van der Waals surface area contributed by atoms with Crippen LogP contribution in [0.2, 0.25) is 0 Å². The first-order chi connectivity index (χ1) is 11.7. The van der Waals surface area contributed by atoms with Crippen molar-refractivity contribution in [2.45, 2.75) is 13.3 Å². The summed E-state index contributed by atoms with van der Waals surface area (Å²) in [6, 6.07) is 14.9. The number of nitrogens with zero attached hydrogens (tertiary/aromatic N) is 1. The van der Waals surface area contributed by atoms with E-state index in [9.17, 15) is 10.1 Å². The molecule has 0 saturated heterocycles. The lowest BCUT2D eigenvalue weighted by molar-refractivity contribution is -0.142. The smallest absolute Gasteiger partial charge is 0.313 e. The quantitative estimate of drug-likeness (QED) is 0.659. The average Bonchev–Trinajstić information content (AvgIpc) is 3.23. The SMILES string of the molecule is CCOC(=O)Cc1oc(-c2ccccc2)c(C#N)c1-c1ccco1. The number of esters is 1. The molecule has 1 aromatic carbocycles. The number of hydrogen-bond donors (Lipinski definition) is 0. The molecule has 0 amide bonds. The van der Waals surface area contributed by atoms with Gasteiger partial charge < -0.3 is 13.6 Å². The molecule has 3 aromatic rings. The molecule has 24 heavy (non-hydrogen) atoms. The van der Waals surface area contributed by atoms with E-state index in [0.717, 1.165) is 5.56 Å². The van der Waals surface area contributed by atoms with E-state index in [4.69, 9.17) is 13.6 Å². The first-order valence-electron chi connectivity index (χ1n) is 7.55. The fraction of sp³-hybridized carbons (Fsp3) is 0.158. The van der Waals surface area contributed by atoms with Crippen LogP contribution in [-0.4, -0.2) is 12.6 Å². The van der Waals surface area contributed by atoms with Crippen molar-refractivity contribution < 1.29 is 18.4 Å². The normalized spacial score (nSPS) is 10.3. The molecule has 0 spiro atoms. The van der Waals surface area contributed by atoms with Crippen molar-refractivity contribution in [3.05, 3.63) is 60.1 Å². The molecule has 0 atom stereocenters. The Bertz CT molecular complexity index is 870. The van der Waals surface area contributed by atoms with Gasteiger partial charge in [0.2, 0.25) is 0 Å². The molecule has 0 aliphatic carbocycles. The highest BCUT2D eigenvalue weighted by Crippen LogP contribution is 2.38. The zero-order valence-corrected chi connectivity index (χ0v) is 13.1. The van der Waals surface area contributed by atoms with Crippen LogP contribution in [0.5, 0.6) is 0 Å². The van der Waals surface area contributed by atoms with Crippen LogP contribution >= 0.6 is 0 Å². The lowest BCUT2D eigenvalue weighted by Gasteiger charge is -2.01. The second-order valence-electron chi connectivity index (χ2n) is 5.04. The maximum Gasteiger partial charge on any atom is 0.313 e. The van der Waals surface area contributed by atoms with E-state index < -0.39 is 5.97 Å². The molecule has 0 radical (unpaired) electrons. The summed E-state index contributed by atoms with van der Waals surface area (Å²) in [5, 5.41) is 9.64. The van der Waals surface area contributed by atoms with Crippen molar-refractivity contribution in [3.8, 4) is 28.7 Å². The zero-order chi connectivity index (χ0) is 16.9. The minimum atomic E-state index is -0.414. The maximum absolute atomic E-state index is 11.9. The molecular formula is C19H15NO4. The summed E-state index contributed by atoms with van der Waals surface area (Å²) in [7, 11) is 0. The van der Waals surface area contributed by atoms with Crippen molar-refractivity contribution in [3.63, 3.8) is 0 Å². The Labute approximate surface area is 139 Å². The summed E-state index contributed by atoms with van der Waals surface area (Å²) in [5.74, 6) is 0.850. The van der Waals surface area contributed by atoms with Gasteiger partial charge in [-0.3, -0.25) is 4.79 Å². The van der Waals surface area contributed by atoms with E-state index in [2.05, 4.69) is 6.07 Å². The number of rotatable bonds is 5. The molecule has 0 aliphatic rings. The van der Waals surface area contributed by atoms with E-state index in [-0.39, 0.29) is 13.0 Å². The summed E-state index contributed by atoms with van der Waals surface area (Å²) in [6.07, 6.45) is 1.45. The lowest BCUT2D eigenvalue weighted by atomic mass is 10.0.